The topological polar surface area (TPSA) is 50.8 Å². The zero-order valence-electron chi connectivity index (χ0n) is 11.4. The molecule has 0 aromatic carbocycles. The summed E-state index contributed by atoms with van der Waals surface area (Å²) in [6, 6.07) is -0.00976. The maximum absolute atomic E-state index is 12.3. The molecule has 0 saturated carbocycles. The molecule has 0 aliphatic carbocycles. The van der Waals surface area contributed by atoms with Gasteiger partial charge in [-0.1, -0.05) is 20.3 Å². The minimum absolute atomic E-state index is 0.00976. The van der Waals surface area contributed by atoms with E-state index in [-0.39, 0.29) is 24.2 Å². The molecule has 5 nitrogen and oxygen atoms in total. The number of rotatable bonds is 5. The van der Waals surface area contributed by atoms with Crippen molar-refractivity contribution in [2.24, 2.45) is 0 Å². The number of amides is 1. The number of nitrogens with one attached hydrogen (secondary N) is 1. The monoisotopic (exact) mass is 256 g/mol. The summed E-state index contributed by atoms with van der Waals surface area (Å²) in [6.45, 7) is 6.75. The van der Waals surface area contributed by atoms with Crippen LogP contribution in [0.2, 0.25) is 0 Å². The van der Waals surface area contributed by atoms with Gasteiger partial charge in [0.05, 0.1) is 44.7 Å². The first-order valence-electron chi connectivity index (χ1n) is 7.02. The van der Waals surface area contributed by atoms with E-state index in [1.54, 1.807) is 0 Å². The Morgan fingerprint density at radius 3 is 2.83 bits per heavy atom. The molecule has 0 spiro atoms. The molecular weight excluding hydrogens is 232 g/mol. The van der Waals surface area contributed by atoms with Gasteiger partial charge in [0.25, 0.3) is 0 Å². The summed E-state index contributed by atoms with van der Waals surface area (Å²) in [6.07, 6.45) is 3.04. The Balaban J connectivity index is 1.93. The quantitative estimate of drug-likeness (QED) is 0.788. The van der Waals surface area contributed by atoms with Crippen LogP contribution in [-0.4, -0.2) is 55.5 Å². The van der Waals surface area contributed by atoms with E-state index in [1.165, 1.54) is 0 Å². The summed E-state index contributed by atoms with van der Waals surface area (Å²) in [5.41, 5.74) is 0. The van der Waals surface area contributed by atoms with Gasteiger partial charge in [-0.3, -0.25) is 10.1 Å². The Bertz CT molecular complexity index is 279. The molecule has 2 heterocycles. The number of carbonyl (C=O) groups is 1. The fourth-order valence-electron chi connectivity index (χ4n) is 2.66. The number of carbonyl (C=O) groups excluding carboxylic acids is 1. The van der Waals surface area contributed by atoms with Gasteiger partial charge in [-0.15, -0.1) is 0 Å². The highest BCUT2D eigenvalue weighted by Crippen LogP contribution is 2.18. The lowest BCUT2D eigenvalue weighted by Gasteiger charge is -2.30. The first-order valence-corrected chi connectivity index (χ1v) is 7.02. The number of nitrogens with zero attached hydrogens (tertiary/aromatic N) is 1. The molecule has 0 aromatic rings. The van der Waals surface area contributed by atoms with Gasteiger partial charge in [0.2, 0.25) is 5.91 Å². The molecule has 104 valence electrons. The average molecular weight is 256 g/mol. The highest BCUT2D eigenvalue weighted by molar-refractivity contribution is 5.84. The average Bonchev–Trinajstić information content (AvgIpc) is 2.69. The SMILES string of the molecule is CCCC1NC(CC)N(CC2COCCO2)C1=O. The van der Waals surface area contributed by atoms with Crippen molar-refractivity contribution in [3.05, 3.63) is 0 Å². The van der Waals surface area contributed by atoms with E-state index < -0.39 is 0 Å². The van der Waals surface area contributed by atoms with E-state index in [0.29, 0.717) is 26.4 Å². The van der Waals surface area contributed by atoms with Gasteiger partial charge in [0.15, 0.2) is 0 Å². The maximum Gasteiger partial charge on any atom is 0.241 e. The Kier molecular flexibility index (Phi) is 4.97. The molecule has 1 N–H and O–H groups in total. The van der Waals surface area contributed by atoms with Crippen molar-refractivity contribution in [3.8, 4) is 0 Å². The van der Waals surface area contributed by atoms with Gasteiger partial charge in [-0.2, -0.15) is 0 Å². The standard InChI is InChI=1S/C13H24N2O3/c1-3-5-11-13(16)15(12(4-2)14-11)8-10-9-17-6-7-18-10/h10-12,14H,3-9H2,1-2H3. The first kappa shape index (κ1) is 13.8. The van der Waals surface area contributed by atoms with E-state index in [2.05, 4.69) is 19.2 Å². The van der Waals surface area contributed by atoms with Crippen LogP contribution in [0.4, 0.5) is 0 Å². The van der Waals surface area contributed by atoms with Crippen molar-refractivity contribution in [1.82, 2.24) is 10.2 Å². The van der Waals surface area contributed by atoms with Crippen LogP contribution in [0.25, 0.3) is 0 Å². The lowest BCUT2D eigenvalue weighted by atomic mass is 10.1. The molecule has 2 rings (SSSR count). The predicted octanol–water partition coefficient (Wildman–Crippen LogP) is 0.738. The Hall–Kier alpha value is -0.650. The minimum atomic E-state index is -0.00976. The van der Waals surface area contributed by atoms with Gasteiger partial charge >= 0.3 is 0 Å². The van der Waals surface area contributed by atoms with Crippen LogP contribution < -0.4 is 5.32 Å². The fraction of sp³-hybridized carbons (Fsp3) is 0.923. The Labute approximate surface area is 109 Å². The molecule has 5 heteroatoms. The largest absolute Gasteiger partial charge is 0.376 e. The third-order valence-electron chi connectivity index (χ3n) is 3.60. The van der Waals surface area contributed by atoms with Crippen LogP contribution in [0, 0.1) is 0 Å². The van der Waals surface area contributed by atoms with Gasteiger partial charge < -0.3 is 14.4 Å². The van der Waals surface area contributed by atoms with E-state index in [4.69, 9.17) is 9.47 Å². The lowest BCUT2D eigenvalue weighted by molar-refractivity contribution is -0.137. The Morgan fingerprint density at radius 2 is 2.22 bits per heavy atom. The van der Waals surface area contributed by atoms with Crippen LogP contribution >= 0.6 is 0 Å². The van der Waals surface area contributed by atoms with Gasteiger partial charge in [-0.25, -0.2) is 0 Å². The molecule has 2 fully saturated rings. The van der Waals surface area contributed by atoms with Crippen molar-refractivity contribution in [1.29, 1.82) is 0 Å². The highest BCUT2D eigenvalue weighted by Gasteiger charge is 2.38. The first-order chi connectivity index (χ1) is 8.76. The molecule has 18 heavy (non-hydrogen) atoms. The molecular formula is C13H24N2O3. The summed E-state index contributed by atoms with van der Waals surface area (Å²) in [7, 11) is 0. The predicted molar refractivity (Wildman–Crippen MR) is 68.2 cm³/mol. The summed E-state index contributed by atoms with van der Waals surface area (Å²) in [5, 5.41) is 3.41. The second kappa shape index (κ2) is 6.50. The van der Waals surface area contributed by atoms with Crippen molar-refractivity contribution < 1.29 is 14.3 Å². The van der Waals surface area contributed by atoms with E-state index in [1.807, 2.05) is 4.90 Å². The summed E-state index contributed by atoms with van der Waals surface area (Å²) in [4.78, 5) is 14.2. The molecule has 2 aliphatic heterocycles. The van der Waals surface area contributed by atoms with Gasteiger partial charge in [0, 0.05) is 0 Å². The Morgan fingerprint density at radius 1 is 1.39 bits per heavy atom. The van der Waals surface area contributed by atoms with Crippen molar-refractivity contribution in [2.45, 2.75) is 51.4 Å². The van der Waals surface area contributed by atoms with Gasteiger partial charge in [-0.05, 0) is 12.8 Å². The third-order valence-corrected chi connectivity index (χ3v) is 3.60. The molecule has 2 saturated heterocycles. The van der Waals surface area contributed by atoms with Crippen LogP contribution in [-0.2, 0) is 14.3 Å². The third kappa shape index (κ3) is 3.02. The normalized spacial score (nSPS) is 33.1. The zero-order chi connectivity index (χ0) is 13.0. The zero-order valence-corrected chi connectivity index (χ0v) is 11.4. The number of hydrogen-bond donors (Lipinski definition) is 1. The van der Waals surface area contributed by atoms with Crippen LogP contribution in [0.15, 0.2) is 0 Å². The van der Waals surface area contributed by atoms with Crippen molar-refractivity contribution in [3.63, 3.8) is 0 Å². The molecule has 2 aliphatic rings. The highest BCUT2D eigenvalue weighted by atomic mass is 16.6. The van der Waals surface area contributed by atoms with Crippen LogP contribution in [0.1, 0.15) is 33.1 Å². The minimum Gasteiger partial charge on any atom is -0.376 e. The maximum atomic E-state index is 12.3. The number of hydrogen-bond acceptors (Lipinski definition) is 4. The van der Waals surface area contributed by atoms with Crippen molar-refractivity contribution in [2.75, 3.05) is 26.4 Å². The molecule has 0 radical (unpaired) electrons. The van der Waals surface area contributed by atoms with E-state index in [0.717, 1.165) is 19.3 Å². The van der Waals surface area contributed by atoms with E-state index >= 15 is 0 Å². The van der Waals surface area contributed by atoms with E-state index in [9.17, 15) is 4.79 Å². The van der Waals surface area contributed by atoms with Crippen LogP contribution in [0.3, 0.4) is 0 Å². The smallest absolute Gasteiger partial charge is 0.241 e. The van der Waals surface area contributed by atoms with Gasteiger partial charge in [0.1, 0.15) is 0 Å². The second-order valence-electron chi connectivity index (χ2n) is 4.99. The molecule has 1 amide bonds. The van der Waals surface area contributed by atoms with Crippen molar-refractivity contribution >= 4 is 5.91 Å². The fourth-order valence-corrected chi connectivity index (χ4v) is 2.66. The number of ether oxygens (including phenoxy) is 2. The molecule has 0 bridgehead atoms. The summed E-state index contributed by atoms with van der Waals surface area (Å²) in [5.74, 6) is 0.220. The summed E-state index contributed by atoms with van der Waals surface area (Å²) >= 11 is 0. The lowest BCUT2D eigenvalue weighted by Crippen LogP contribution is -2.45. The summed E-state index contributed by atoms with van der Waals surface area (Å²) < 4.78 is 11.0. The van der Waals surface area contributed by atoms with Crippen LogP contribution in [0.5, 0.6) is 0 Å². The second-order valence-corrected chi connectivity index (χ2v) is 4.99. The molecule has 0 aromatic heterocycles. The molecule has 3 atom stereocenters. The molecule has 3 unspecified atom stereocenters.